The van der Waals surface area contributed by atoms with E-state index in [1.54, 1.807) is 48.4 Å². The molecule has 2 amide bonds. The Morgan fingerprint density at radius 1 is 0.972 bits per heavy atom. The number of ether oxygens (including phenoxy) is 2. The van der Waals surface area contributed by atoms with Crippen molar-refractivity contribution in [2.75, 3.05) is 45.2 Å². The molecule has 190 valence electrons. The molecule has 3 aromatic rings. The Kier molecular flexibility index (Phi) is 8.74. The van der Waals surface area contributed by atoms with Crippen molar-refractivity contribution in [2.24, 2.45) is 0 Å². The van der Waals surface area contributed by atoms with Gasteiger partial charge in [-0.3, -0.25) is 4.90 Å². The number of methoxy groups -OCH3 is 1. The molecule has 1 aliphatic heterocycles. The lowest BCUT2D eigenvalue weighted by atomic mass is 10.1. The summed E-state index contributed by atoms with van der Waals surface area (Å²) < 4.78 is 39.4. The Hall–Kier alpha value is -3.20. The molecule has 1 fully saturated rings. The van der Waals surface area contributed by atoms with E-state index in [4.69, 9.17) is 21.1 Å². The molecule has 0 radical (unpaired) electrons. The summed E-state index contributed by atoms with van der Waals surface area (Å²) >= 11 is 6.04. The molecule has 0 aromatic heterocycles. The SMILES string of the molecule is COc1ccc(NC(=O)N2CCN(C[C@H](OCc3c(F)cccc3F)c3ccc(Cl)cc3)CC2)cc1. The van der Waals surface area contributed by atoms with Crippen molar-refractivity contribution in [3.63, 3.8) is 0 Å². The molecular weight excluding hydrogens is 488 g/mol. The van der Waals surface area contributed by atoms with Crippen LogP contribution < -0.4 is 10.1 Å². The number of anilines is 1. The second-order valence-electron chi connectivity index (χ2n) is 8.50. The number of nitrogens with zero attached hydrogens (tertiary/aromatic N) is 2. The molecule has 3 aromatic carbocycles. The van der Waals surface area contributed by atoms with Crippen LogP contribution in [0.3, 0.4) is 0 Å². The quantitative estimate of drug-likeness (QED) is 0.416. The summed E-state index contributed by atoms with van der Waals surface area (Å²) in [5, 5.41) is 3.50. The lowest BCUT2D eigenvalue weighted by Crippen LogP contribution is -2.50. The van der Waals surface area contributed by atoms with Gasteiger partial charge in [-0.2, -0.15) is 0 Å². The number of carbonyl (C=O) groups excluding carboxylic acids is 1. The van der Waals surface area contributed by atoms with Crippen molar-refractivity contribution < 1.29 is 23.0 Å². The number of amides is 2. The van der Waals surface area contributed by atoms with Gasteiger partial charge in [0.2, 0.25) is 0 Å². The molecule has 4 rings (SSSR count). The van der Waals surface area contributed by atoms with E-state index in [2.05, 4.69) is 10.2 Å². The number of halogens is 3. The zero-order valence-corrected chi connectivity index (χ0v) is 20.7. The Morgan fingerprint density at radius 2 is 1.61 bits per heavy atom. The topological polar surface area (TPSA) is 54.0 Å². The third kappa shape index (κ3) is 6.72. The van der Waals surface area contributed by atoms with Crippen molar-refractivity contribution in [1.29, 1.82) is 0 Å². The first-order valence-electron chi connectivity index (χ1n) is 11.6. The fraction of sp³-hybridized carbons (Fsp3) is 0.296. The molecule has 0 spiro atoms. The van der Waals surface area contributed by atoms with Gasteiger partial charge in [0.15, 0.2) is 0 Å². The Morgan fingerprint density at radius 3 is 2.22 bits per heavy atom. The molecule has 1 saturated heterocycles. The third-order valence-corrected chi connectivity index (χ3v) is 6.41. The highest BCUT2D eigenvalue weighted by Crippen LogP contribution is 2.25. The van der Waals surface area contributed by atoms with Crippen LogP contribution in [-0.4, -0.2) is 55.7 Å². The predicted octanol–water partition coefficient (Wildman–Crippen LogP) is 5.73. The average Bonchev–Trinajstić information content (AvgIpc) is 2.89. The van der Waals surface area contributed by atoms with E-state index in [0.29, 0.717) is 43.4 Å². The fourth-order valence-electron chi connectivity index (χ4n) is 4.03. The van der Waals surface area contributed by atoms with E-state index in [1.807, 2.05) is 12.1 Å². The highest BCUT2D eigenvalue weighted by Gasteiger charge is 2.25. The number of urea groups is 1. The monoisotopic (exact) mass is 515 g/mol. The minimum absolute atomic E-state index is 0.100. The molecule has 1 atom stereocenters. The Balaban J connectivity index is 1.36. The van der Waals surface area contributed by atoms with E-state index in [0.717, 1.165) is 11.3 Å². The second-order valence-corrected chi connectivity index (χ2v) is 8.93. The van der Waals surface area contributed by atoms with Gasteiger partial charge in [0.05, 0.1) is 19.8 Å². The van der Waals surface area contributed by atoms with Crippen molar-refractivity contribution >= 4 is 23.3 Å². The molecular formula is C27H28ClF2N3O3. The van der Waals surface area contributed by atoms with Crippen molar-refractivity contribution in [3.05, 3.63) is 94.5 Å². The number of hydrogen-bond donors (Lipinski definition) is 1. The van der Waals surface area contributed by atoms with Crippen LogP contribution in [0.2, 0.25) is 5.02 Å². The Bertz CT molecular complexity index is 1130. The number of piperazine rings is 1. The lowest BCUT2D eigenvalue weighted by molar-refractivity contribution is 0.00376. The minimum Gasteiger partial charge on any atom is -0.497 e. The Labute approximate surface area is 214 Å². The van der Waals surface area contributed by atoms with E-state index >= 15 is 0 Å². The zero-order chi connectivity index (χ0) is 25.5. The summed E-state index contributed by atoms with van der Waals surface area (Å²) in [6.45, 7) is 2.66. The molecule has 0 saturated carbocycles. The molecule has 1 N–H and O–H groups in total. The smallest absolute Gasteiger partial charge is 0.321 e. The number of benzene rings is 3. The second kappa shape index (κ2) is 12.2. The van der Waals surface area contributed by atoms with Crippen molar-refractivity contribution in [1.82, 2.24) is 9.80 Å². The first kappa shape index (κ1) is 25.9. The maximum absolute atomic E-state index is 14.1. The van der Waals surface area contributed by atoms with Crippen LogP contribution in [0.1, 0.15) is 17.2 Å². The summed E-state index contributed by atoms with van der Waals surface area (Å²) in [4.78, 5) is 16.6. The van der Waals surface area contributed by atoms with Gasteiger partial charge in [0.25, 0.3) is 0 Å². The normalized spacial score (nSPS) is 14.9. The molecule has 1 aliphatic rings. The minimum atomic E-state index is -0.638. The zero-order valence-electron chi connectivity index (χ0n) is 19.9. The van der Waals surface area contributed by atoms with Crippen LogP contribution in [0.5, 0.6) is 5.75 Å². The van der Waals surface area contributed by atoms with E-state index in [-0.39, 0.29) is 18.2 Å². The fourth-order valence-corrected chi connectivity index (χ4v) is 4.16. The number of carbonyl (C=O) groups is 1. The van der Waals surface area contributed by atoms with Crippen molar-refractivity contribution in [2.45, 2.75) is 12.7 Å². The predicted molar refractivity (Wildman–Crippen MR) is 135 cm³/mol. The van der Waals surface area contributed by atoms with Crippen LogP contribution in [0, 0.1) is 11.6 Å². The first-order valence-corrected chi connectivity index (χ1v) is 12.0. The summed E-state index contributed by atoms with van der Waals surface area (Å²) in [5.74, 6) is -0.556. The van der Waals surface area contributed by atoms with Crippen LogP contribution >= 0.6 is 11.6 Å². The maximum Gasteiger partial charge on any atom is 0.321 e. The van der Waals surface area contributed by atoms with Crippen LogP contribution in [-0.2, 0) is 11.3 Å². The van der Waals surface area contributed by atoms with Crippen molar-refractivity contribution in [3.8, 4) is 5.75 Å². The largest absolute Gasteiger partial charge is 0.497 e. The molecule has 0 aliphatic carbocycles. The van der Waals surface area contributed by atoms with Gasteiger partial charge in [-0.15, -0.1) is 0 Å². The number of rotatable bonds is 8. The highest BCUT2D eigenvalue weighted by atomic mass is 35.5. The highest BCUT2D eigenvalue weighted by molar-refractivity contribution is 6.30. The van der Waals surface area contributed by atoms with Gasteiger partial charge < -0.3 is 19.7 Å². The summed E-state index contributed by atoms with van der Waals surface area (Å²) in [6, 6.07) is 18.0. The van der Waals surface area contributed by atoms with Crippen LogP contribution in [0.15, 0.2) is 66.7 Å². The van der Waals surface area contributed by atoms with E-state index in [9.17, 15) is 13.6 Å². The third-order valence-electron chi connectivity index (χ3n) is 6.16. The van der Waals surface area contributed by atoms with Gasteiger partial charge in [-0.25, -0.2) is 13.6 Å². The van der Waals surface area contributed by atoms with Crippen LogP contribution in [0.25, 0.3) is 0 Å². The average molecular weight is 516 g/mol. The molecule has 9 heteroatoms. The van der Waals surface area contributed by atoms with Gasteiger partial charge in [0, 0.05) is 49.0 Å². The maximum atomic E-state index is 14.1. The van der Waals surface area contributed by atoms with E-state index in [1.165, 1.54) is 18.2 Å². The molecule has 0 bridgehead atoms. The van der Waals surface area contributed by atoms with Gasteiger partial charge >= 0.3 is 6.03 Å². The number of nitrogens with one attached hydrogen (secondary N) is 1. The lowest BCUT2D eigenvalue weighted by Gasteiger charge is -2.36. The van der Waals surface area contributed by atoms with Gasteiger partial charge in [-0.1, -0.05) is 29.8 Å². The van der Waals surface area contributed by atoms with E-state index < -0.39 is 17.7 Å². The molecule has 1 heterocycles. The molecule has 36 heavy (non-hydrogen) atoms. The molecule has 0 unspecified atom stereocenters. The van der Waals surface area contributed by atoms with Gasteiger partial charge in [0.1, 0.15) is 17.4 Å². The first-order chi connectivity index (χ1) is 17.4. The number of hydrogen-bond acceptors (Lipinski definition) is 4. The van der Waals surface area contributed by atoms with Gasteiger partial charge in [-0.05, 0) is 54.1 Å². The standard InChI is InChI=1S/C27H28ClF2N3O3/c1-35-22-11-9-21(10-12-22)31-27(34)33-15-13-32(14-16-33)17-26(19-5-7-20(28)8-6-19)36-18-23-24(29)3-2-4-25(23)30/h2-12,26H,13-18H2,1H3,(H,31,34)/t26-/m0/s1. The summed E-state index contributed by atoms with van der Waals surface area (Å²) in [7, 11) is 1.59. The summed E-state index contributed by atoms with van der Waals surface area (Å²) in [5.41, 5.74) is 1.45. The molecule has 6 nitrogen and oxygen atoms in total. The van der Waals surface area contributed by atoms with Crippen LogP contribution in [0.4, 0.5) is 19.3 Å². The summed E-state index contributed by atoms with van der Waals surface area (Å²) in [6.07, 6.45) is -0.430.